The van der Waals surface area contributed by atoms with Gasteiger partial charge in [0.25, 0.3) is 0 Å². The summed E-state index contributed by atoms with van der Waals surface area (Å²) in [5, 5.41) is 0. The fourth-order valence-electron chi connectivity index (χ4n) is 3.96. The third-order valence-corrected chi connectivity index (χ3v) is 5.22. The van der Waals surface area contributed by atoms with Gasteiger partial charge in [-0.3, -0.25) is 9.80 Å². The molecule has 0 amide bonds. The third kappa shape index (κ3) is 3.08. The molecule has 2 fully saturated rings. The van der Waals surface area contributed by atoms with E-state index in [0.29, 0.717) is 0 Å². The van der Waals surface area contributed by atoms with Gasteiger partial charge in [0.15, 0.2) is 0 Å². The molecule has 106 valence electrons. The minimum absolute atomic E-state index is 0.749. The van der Waals surface area contributed by atoms with E-state index in [4.69, 9.17) is 0 Å². The number of fused-ring (bicyclic) bond motifs is 1. The SMILES string of the molecule is CC(C)C(CN1CC2CCCN2CC1C)C(C)C. The van der Waals surface area contributed by atoms with Crippen LogP contribution >= 0.6 is 0 Å². The van der Waals surface area contributed by atoms with Gasteiger partial charge in [-0.2, -0.15) is 0 Å². The van der Waals surface area contributed by atoms with Crippen LogP contribution in [0.25, 0.3) is 0 Å². The summed E-state index contributed by atoms with van der Waals surface area (Å²) in [5.41, 5.74) is 0. The van der Waals surface area contributed by atoms with E-state index in [9.17, 15) is 0 Å². The number of hydrogen-bond donors (Lipinski definition) is 0. The van der Waals surface area contributed by atoms with Crippen molar-refractivity contribution < 1.29 is 0 Å². The van der Waals surface area contributed by atoms with Crippen LogP contribution in [0.1, 0.15) is 47.5 Å². The molecule has 0 saturated carbocycles. The zero-order valence-electron chi connectivity index (χ0n) is 13.0. The molecule has 0 aromatic carbocycles. The van der Waals surface area contributed by atoms with Crippen molar-refractivity contribution in [3.8, 4) is 0 Å². The van der Waals surface area contributed by atoms with Crippen LogP contribution in [0, 0.1) is 17.8 Å². The van der Waals surface area contributed by atoms with Gasteiger partial charge in [-0.15, -0.1) is 0 Å². The van der Waals surface area contributed by atoms with Gasteiger partial charge < -0.3 is 0 Å². The maximum Gasteiger partial charge on any atom is 0.0224 e. The summed E-state index contributed by atoms with van der Waals surface area (Å²) in [7, 11) is 0. The Morgan fingerprint density at radius 3 is 2.33 bits per heavy atom. The van der Waals surface area contributed by atoms with Crippen molar-refractivity contribution in [2.24, 2.45) is 17.8 Å². The van der Waals surface area contributed by atoms with Crippen molar-refractivity contribution in [3.05, 3.63) is 0 Å². The van der Waals surface area contributed by atoms with Gasteiger partial charge in [-0.05, 0) is 44.1 Å². The monoisotopic (exact) mass is 252 g/mol. The molecule has 0 aromatic rings. The molecule has 18 heavy (non-hydrogen) atoms. The van der Waals surface area contributed by atoms with Gasteiger partial charge in [-0.25, -0.2) is 0 Å². The summed E-state index contributed by atoms with van der Waals surface area (Å²) in [6, 6.07) is 1.61. The molecule has 2 heteroatoms. The highest BCUT2D eigenvalue weighted by Crippen LogP contribution is 2.28. The van der Waals surface area contributed by atoms with Crippen LogP contribution in [-0.4, -0.2) is 48.1 Å². The fourth-order valence-corrected chi connectivity index (χ4v) is 3.96. The van der Waals surface area contributed by atoms with Crippen molar-refractivity contribution in [2.45, 2.75) is 59.5 Å². The summed E-state index contributed by atoms with van der Waals surface area (Å²) >= 11 is 0. The second-order valence-corrected chi connectivity index (χ2v) is 7.25. The Labute approximate surface area is 114 Å². The van der Waals surface area contributed by atoms with E-state index in [-0.39, 0.29) is 0 Å². The minimum atomic E-state index is 0.749. The summed E-state index contributed by atoms with van der Waals surface area (Å²) in [6.07, 6.45) is 2.85. The van der Waals surface area contributed by atoms with Crippen LogP contribution in [-0.2, 0) is 0 Å². The molecule has 2 atom stereocenters. The van der Waals surface area contributed by atoms with Gasteiger partial charge in [0.05, 0.1) is 0 Å². The molecule has 0 radical (unpaired) electrons. The Hall–Kier alpha value is -0.0800. The average molecular weight is 252 g/mol. The number of hydrogen-bond acceptors (Lipinski definition) is 2. The van der Waals surface area contributed by atoms with Crippen molar-refractivity contribution in [1.29, 1.82) is 0 Å². The smallest absolute Gasteiger partial charge is 0.0224 e. The lowest BCUT2D eigenvalue weighted by Crippen LogP contribution is -2.56. The molecule has 2 rings (SSSR count). The molecule has 0 aromatic heterocycles. The molecule has 2 nitrogen and oxygen atoms in total. The van der Waals surface area contributed by atoms with Crippen molar-refractivity contribution in [2.75, 3.05) is 26.2 Å². The van der Waals surface area contributed by atoms with E-state index >= 15 is 0 Å². The molecular weight excluding hydrogens is 220 g/mol. The van der Waals surface area contributed by atoms with Crippen molar-refractivity contribution in [1.82, 2.24) is 9.80 Å². The van der Waals surface area contributed by atoms with Crippen LogP contribution in [0.4, 0.5) is 0 Å². The normalized spacial score (nSPS) is 30.7. The first kappa shape index (κ1) is 14.3. The van der Waals surface area contributed by atoms with Crippen LogP contribution in [0.15, 0.2) is 0 Å². The van der Waals surface area contributed by atoms with Gasteiger partial charge in [-0.1, -0.05) is 27.7 Å². The Morgan fingerprint density at radius 2 is 1.72 bits per heavy atom. The lowest BCUT2D eigenvalue weighted by Gasteiger charge is -2.44. The highest BCUT2D eigenvalue weighted by Gasteiger charge is 2.35. The minimum Gasteiger partial charge on any atom is -0.298 e. The predicted molar refractivity (Wildman–Crippen MR) is 78.8 cm³/mol. The van der Waals surface area contributed by atoms with Crippen LogP contribution in [0.5, 0.6) is 0 Å². The Balaban J connectivity index is 1.95. The van der Waals surface area contributed by atoms with Gasteiger partial charge in [0.1, 0.15) is 0 Å². The Morgan fingerprint density at radius 1 is 1.06 bits per heavy atom. The molecule has 0 aliphatic carbocycles. The summed E-state index contributed by atoms with van der Waals surface area (Å²) in [4.78, 5) is 5.50. The first-order valence-electron chi connectivity index (χ1n) is 7.97. The highest BCUT2D eigenvalue weighted by molar-refractivity contribution is 4.91. The molecule has 2 unspecified atom stereocenters. The van der Waals surface area contributed by atoms with E-state index in [1.807, 2.05) is 0 Å². The molecule has 2 saturated heterocycles. The zero-order valence-corrected chi connectivity index (χ0v) is 13.0. The molecule has 0 spiro atoms. The Kier molecular flexibility index (Phi) is 4.71. The number of piperazine rings is 1. The lowest BCUT2D eigenvalue weighted by atomic mass is 9.84. The predicted octanol–water partition coefficient (Wildman–Crippen LogP) is 3.08. The summed E-state index contributed by atoms with van der Waals surface area (Å²) in [6.45, 7) is 17.3. The second kappa shape index (κ2) is 5.92. The maximum atomic E-state index is 2.77. The van der Waals surface area contributed by atoms with Gasteiger partial charge in [0.2, 0.25) is 0 Å². The van der Waals surface area contributed by atoms with E-state index in [1.54, 1.807) is 0 Å². The van der Waals surface area contributed by atoms with E-state index in [2.05, 4.69) is 44.4 Å². The average Bonchev–Trinajstić information content (AvgIpc) is 2.71. The molecule has 0 bridgehead atoms. The van der Waals surface area contributed by atoms with Crippen LogP contribution in [0.2, 0.25) is 0 Å². The molecule has 0 N–H and O–H groups in total. The lowest BCUT2D eigenvalue weighted by molar-refractivity contribution is 0.0348. The van der Waals surface area contributed by atoms with Crippen LogP contribution in [0.3, 0.4) is 0 Å². The molecule has 2 heterocycles. The quantitative estimate of drug-likeness (QED) is 0.758. The van der Waals surface area contributed by atoms with E-state index in [0.717, 1.165) is 29.8 Å². The zero-order chi connectivity index (χ0) is 13.3. The van der Waals surface area contributed by atoms with E-state index < -0.39 is 0 Å². The van der Waals surface area contributed by atoms with E-state index in [1.165, 1.54) is 39.0 Å². The van der Waals surface area contributed by atoms with Crippen molar-refractivity contribution in [3.63, 3.8) is 0 Å². The number of rotatable bonds is 4. The first-order chi connectivity index (χ1) is 8.49. The van der Waals surface area contributed by atoms with Gasteiger partial charge >= 0.3 is 0 Å². The maximum absolute atomic E-state index is 2.77. The topological polar surface area (TPSA) is 6.48 Å². The van der Waals surface area contributed by atoms with Gasteiger partial charge in [0, 0.05) is 31.7 Å². The Bertz CT molecular complexity index is 254. The highest BCUT2D eigenvalue weighted by atomic mass is 15.3. The standard InChI is InChI=1S/C16H32N2/c1-12(2)16(13(3)4)11-18-10-15-7-6-8-17(15)9-14(18)5/h12-16H,6-11H2,1-5H3. The molecule has 2 aliphatic heterocycles. The summed E-state index contributed by atoms with van der Waals surface area (Å²) < 4.78 is 0. The van der Waals surface area contributed by atoms with Crippen LogP contribution < -0.4 is 0 Å². The number of nitrogens with zero attached hydrogens (tertiary/aromatic N) is 2. The second-order valence-electron chi connectivity index (χ2n) is 7.25. The molecule has 2 aliphatic rings. The van der Waals surface area contributed by atoms with Crippen molar-refractivity contribution >= 4 is 0 Å². The summed E-state index contributed by atoms with van der Waals surface area (Å²) in [5.74, 6) is 2.46. The molecular formula is C16H32N2. The fraction of sp³-hybridized carbons (Fsp3) is 1.00. The largest absolute Gasteiger partial charge is 0.298 e. The third-order valence-electron chi connectivity index (χ3n) is 5.22. The first-order valence-corrected chi connectivity index (χ1v) is 7.97.